The molecule has 0 amide bonds. The number of aromatic nitrogens is 4. The molecule has 2 aromatic heterocycles. The van der Waals surface area contributed by atoms with E-state index in [4.69, 9.17) is 11.6 Å². The molecule has 2 heterocycles. The normalized spacial score (nSPS) is 10.9. The van der Waals surface area contributed by atoms with E-state index in [1.165, 1.54) is 12.1 Å². The second-order valence-electron chi connectivity index (χ2n) is 6.16. The highest BCUT2D eigenvalue weighted by Gasteiger charge is 2.15. The maximum Gasteiger partial charge on any atom is 0.192 e. The number of pyridine rings is 1. The first-order chi connectivity index (χ1) is 13.7. The van der Waals surface area contributed by atoms with Gasteiger partial charge in [-0.15, -0.1) is 10.2 Å². The van der Waals surface area contributed by atoms with Crippen molar-refractivity contribution in [3.8, 4) is 11.4 Å². The topological polar surface area (TPSA) is 43.6 Å². The number of nitrogens with zero attached hydrogens (tertiary/aromatic N) is 4. The zero-order valence-corrected chi connectivity index (χ0v) is 16.4. The van der Waals surface area contributed by atoms with Crippen molar-refractivity contribution >= 4 is 23.4 Å². The maximum atomic E-state index is 13.3. The summed E-state index contributed by atoms with van der Waals surface area (Å²) in [6, 6.07) is 20.2. The highest BCUT2D eigenvalue weighted by molar-refractivity contribution is 7.98. The van der Waals surface area contributed by atoms with Crippen LogP contribution in [0.15, 0.2) is 78.1 Å². The number of hydrogen-bond donors (Lipinski definition) is 0. The van der Waals surface area contributed by atoms with Crippen LogP contribution in [0.25, 0.3) is 11.4 Å². The molecule has 28 heavy (non-hydrogen) atoms. The summed E-state index contributed by atoms with van der Waals surface area (Å²) in [6.07, 6.45) is 1.69. The lowest BCUT2D eigenvalue weighted by Gasteiger charge is -2.11. The molecule has 0 aliphatic rings. The van der Waals surface area contributed by atoms with Gasteiger partial charge in [-0.1, -0.05) is 53.7 Å². The van der Waals surface area contributed by atoms with Crippen LogP contribution in [0.3, 0.4) is 0 Å². The molecule has 0 N–H and O–H groups in total. The summed E-state index contributed by atoms with van der Waals surface area (Å²) in [7, 11) is 0. The molecule has 0 bridgehead atoms. The third kappa shape index (κ3) is 4.40. The van der Waals surface area contributed by atoms with Crippen molar-refractivity contribution in [2.45, 2.75) is 17.5 Å². The number of halogens is 2. The molecule has 2 aromatic carbocycles. The molecule has 0 saturated carbocycles. The molecule has 0 saturated heterocycles. The quantitative estimate of drug-likeness (QED) is 0.312. The highest BCUT2D eigenvalue weighted by Crippen LogP contribution is 2.28. The average Bonchev–Trinajstić information content (AvgIpc) is 3.10. The smallest absolute Gasteiger partial charge is 0.192 e. The number of hydrogen-bond acceptors (Lipinski definition) is 4. The van der Waals surface area contributed by atoms with Gasteiger partial charge < -0.3 is 0 Å². The van der Waals surface area contributed by atoms with Crippen LogP contribution in [-0.2, 0) is 12.3 Å². The zero-order valence-electron chi connectivity index (χ0n) is 14.8. The van der Waals surface area contributed by atoms with Crippen molar-refractivity contribution in [2.75, 3.05) is 0 Å². The molecule has 4 nitrogen and oxygen atoms in total. The van der Waals surface area contributed by atoms with Crippen molar-refractivity contribution in [3.05, 3.63) is 95.0 Å². The molecular formula is C21H16ClFN4S. The average molecular weight is 411 g/mol. The molecular weight excluding hydrogens is 395 g/mol. The second-order valence-corrected chi connectivity index (χ2v) is 7.49. The van der Waals surface area contributed by atoms with E-state index in [2.05, 4.69) is 31.9 Å². The van der Waals surface area contributed by atoms with Crippen LogP contribution in [0.1, 0.15) is 11.1 Å². The van der Waals surface area contributed by atoms with Crippen LogP contribution in [0.2, 0.25) is 5.15 Å². The van der Waals surface area contributed by atoms with E-state index >= 15 is 0 Å². The molecule has 4 aromatic rings. The van der Waals surface area contributed by atoms with Gasteiger partial charge in [0.1, 0.15) is 11.0 Å². The van der Waals surface area contributed by atoms with Gasteiger partial charge in [-0.25, -0.2) is 9.37 Å². The van der Waals surface area contributed by atoms with Gasteiger partial charge in [0.05, 0.1) is 6.54 Å². The summed E-state index contributed by atoms with van der Waals surface area (Å²) in [6.45, 7) is 0.625. The first kappa shape index (κ1) is 18.7. The van der Waals surface area contributed by atoms with E-state index in [0.717, 1.165) is 21.8 Å². The van der Waals surface area contributed by atoms with E-state index in [1.807, 2.05) is 30.3 Å². The zero-order chi connectivity index (χ0) is 19.3. The predicted octanol–water partition coefficient (Wildman–Crippen LogP) is 5.47. The van der Waals surface area contributed by atoms with E-state index in [9.17, 15) is 4.39 Å². The lowest BCUT2D eigenvalue weighted by Crippen LogP contribution is -2.04. The molecule has 4 rings (SSSR count). The van der Waals surface area contributed by atoms with Gasteiger partial charge in [0, 0.05) is 17.5 Å². The summed E-state index contributed by atoms with van der Waals surface area (Å²) in [5, 5.41) is 10.0. The van der Waals surface area contributed by atoms with Crippen LogP contribution in [-0.4, -0.2) is 19.7 Å². The van der Waals surface area contributed by atoms with Gasteiger partial charge in [-0.2, -0.15) is 0 Å². The Balaban J connectivity index is 1.66. The van der Waals surface area contributed by atoms with Crippen molar-refractivity contribution in [3.63, 3.8) is 0 Å². The molecule has 0 spiro atoms. The molecule has 0 aliphatic heterocycles. The Morgan fingerprint density at radius 1 is 0.929 bits per heavy atom. The minimum absolute atomic E-state index is 0.276. The lowest BCUT2D eigenvalue weighted by molar-refractivity contribution is 0.628. The monoisotopic (exact) mass is 410 g/mol. The first-order valence-electron chi connectivity index (χ1n) is 8.65. The molecule has 0 atom stereocenters. The van der Waals surface area contributed by atoms with Crippen LogP contribution in [0, 0.1) is 5.82 Å². The third-order valence-electron chi connectivity index (χ3n) is 4.16. The molecule has 0 aliphatic carbocycles. The lowest BCUT2D eigenvalue weighted by atomic mass is 10.2. The van der Waals surface area contributed by atoms with Crippen molar-refractivity contribution in [1.82, 2.24) is 19.7 Å². The fraction of sp³-hybridized carbons (Fsp3) is 0.0952. The first-order valence-corrected chi connectivity index (χ1v) is 10.0. The Kier molecular flexibility index (Phi) is 5.69. The van der Waals surface area contributed by atoms with Crippen LogP contribution < -0.4 is 0 Å². The summed E-state index contributed by atoms with van der Waals surface area (Å²) in [4.78, 5) is 4.01. The Morgan fingerprint density at radius 2 is 1.71 bits per heavy atom. The Labute approximate surface area is 171 Å². The summed E-state index contributed by atoms with van der Waals surface area (Å²) < 4.78 is 15.4. The summed E-state index contributed by atoms with van der Waals surface area (Å²) in [5.74, 6) is 1.12. The third-order valence-corrected chi connectivity index (χ3v) is 5.41. The molecule has 0 unspecified atom stereocenters. The maximum absolute atomic E-state index is 13.3. The van der Waals surface area contributed by atoms with Gasteiger partial charge in [-0.3, -0.25) is 4.57 Å². The summed E-state index contributed by atoms with van der Waals surface area (Å²) >= 11 is 7.55. The van der Waals surface area contributed by atoms with E-state index in [-0.39, 0.29) is 5.82 Å². The Morgan fingerprint density at radius 3 is 2.46 bits per heavy atom. The van der Waals surface area contributed by atoms with Gasteiger partial charge in [-0.05, 0) is 47.5 Å². The Bertz CT molecular complexity index is 1070. The predicted molar refractivity (Wildman–Crippen MR) is 110 cm³/mol. The van der Waals surface area contributed by atoms with Crippen LogP contribution >= 0.6 is 23.4 Å². The minimum atomic E-state index is -0.276. The fourth-order valence-electron chi connectivity index (χ4n) is 2.80. The Hall–Kier alpha value is -2.70. The van der Waals surface area contributed by atoms with Crippen molar-refractivity contribution < 1.29 is 4.39 Å². The van der Waals surface area contributed by atoms with E-state index < -0.39 is 0 Å². The summed E-state index contributed by atoms with van der Waals surface area (Å²) in [5.41, 5.74) is 3.02. The standard InChI is InChI=1S/C21H16ClFN4S/c22-19-12-16(10-11-24-19)14-28-21-26-25-20(17-6-8-18(23)9-7-17)27(21)13-15-4-2-1-3-5-15/h1-12H,13-14H2. The van der Waals surface area contributed by atoms with Gasteiger partial charge >= 0.3 is 0 Å². The molecule has 140 valence electrons. The number of thioether (sulfide) groups is 1. The second kappa shape index (κ2) is 8.54. The molecule has 7 heteroatoms. The number of benzene rings is 2. The highest BCUT2D eigenvalue weighted by atomic mass is 35.5. The van der Waals surface area contributed by atoms with Crippen LogP contribution in [0.4, 0.5) is 4.39 Å². The SMILES string of the molecule is Fc1ccc(-c2nnc(SCc3ccnc(Cl)c3)n2Cc2ccccc2)cc1. The van der Waals surface area contributed by atoms with Crippen molar-refractivity contribution in [2.24, 2.45) is 0 Å². The van der Waals surface area contributed by atoms with Gasteiger partial charge in [0.2, 0.25) is 0 Å². The minimum Gasteiger partial charge on any atom is -0.298 e. The largest absolute Gasteiger partial charge is 0.298 e. The fourth-order valence-corrected chi connectivity index (χ4v) is 3.87. The van der Waals surface area contributed by atoms with E-state index in [1.54, 1.807) is 30.1 Å². The van der Waals surface area contributed by atoms with E-state index in [0.29, 0.717) is 23.3 Å². The molecule has 0 radical (unpaired) electrons. The van der Waals surface area contributed by atoms with Crippen LogP contribution in [0.5, 0.6) is 0 Å². The molecule has 0 fully saturated rings. The van der Waals surface area contributed by atoms with Gasteiger partial charge in [0.25, 0.3) is 0 Å². The number of rotatable bonds is 6. The van der Waals surface area contributed by atoms with Crippen molar-refractivity contribution in [1.29, 1.82) is 0 Å². The van der Waals surface area contributed by atoms with Gasteiger partial charge in [0.15, 0.2) is 11.0 Å².